The first-order valence-corrected chi connectivity index (χ1v) is 11.5. The molecule has 2 aromatic rings. The molecule has 2 aliphatic rings. The van der Waals surface area contributed by atoms with Gasteiger partial charge in [-0.2, -0.15) is 0 Å². The zero-order valence-corrected chi connectivity index (χ0v) is 18.4. The number of hydrogen-bond acceptors (Lipinski definition) is 5. The van der Waals surface area contributed by atoms with Crippen LogP contribution in [0, 0.1) is 12.7 Å². The summed E-state index contributed by atoms with van der Waals surface area (Å²) in [7, 11) is 0. The molecule has 6 nitrogen and oxygen atoms in total. The maximum atomic E-state index is 13.3. The minimum absolute atomic E-state index is 0.190. The highest BCUT2D eigenvalue weighted by atomic mass is 19.1. The summed E-state index contributed by atoms with van der Waals surface area (Å²) in [6.07, 6.45) is 5.74. The molecule has 1 aliphatic carbocycles. The molecule has 31 heavy (non-hydrogen) atoms. The third kappa shape index (κ3) is 6.14. The molecule has 1 saturated heterocycles. The van der Waals surface area contributed by atoms with Crippen LogP contribution in [-0.2, 0) is 17.9 Å². The van der Waals surface area contributed by atoms with Crippen LogP contribution in [0.4, 0.5) is 4.39 Å². The number of nitrogens with zero attached hydrogens (tertiary/aromatic N) is 4. The number of halogens is 1. The molecule has 0 N–H and O–H groups in total. The Kier molecular flexibility index (Phi) is 7.35. The number of rotatable bonds is 7. The highest BCUT2D eigenvalue weighted by Gasteiger charge is 2.28. The van der Waals surface area contributed by atoms with Crippen molar-refractivity contribution in [1.82, 2.24) is 19.9 Å². The van der Waals surface area contributed by atoms with Crippen molar-refractivity contribution in [2.75, 3.05) is 32.7 Å². The van der Waals surface area contributed by atoms with E-state index in [-0.39, 0.29) is 11.7 Å². The third-order valence-corrected chi connectivity index (χ3v) is 6.48. The van der Waals surface area contributed by atoms with Crippen LogP contribution in [0.5, 0.6) is 0 Å². The average Bonchev–Trinajstić information content (AvgIpc) is 3.19. The predicted molar refractivity (Wildman–Crippen MR) is 117 cm³/mol. The summed E-state index contributed by atoms with van der Waals surface area (Å²) in [5.41, 5.74) is 1.90. The molecule has 4 rings (SSSR count). The SMILES string of the molecule is Cc1cc(CN2CCN(CC(=O)N(Cc3ccc(F)cc3)C3CCCCC3)CC2)on1. The fourth-order valence-corrected chi connectivity index (χ4v) is 4.70. The van der Waals surface area contributed by atoms with E-state index in [9.17, 15) is 9.18 Å². The summed E-state index contributed by atoms with van der Waals surface area (Å²) in [4.78, 5) is 20.0. The Balaban J connectivity index is 1.33. The fourth-order valence-electron chi connectivity index (χ4n) is 4.70. The van der Waals surface area contributed by atoms with E-state index < -0.39 is 0 Å². The molecule has 2 fully saturated rings. The number of benzene rings is 1. The summed E-state index contributed by atoms with van der Waals surface area (Å²) in [6.45, 7) is 7.27. The van der Waals surface area contributed by atoms with Gasteiger partial charge in [0.25, 0.3) is 0 Å². The normalized spacial score (nSPS) is 18.9. The average molecular weight is 429 g/mol. The van der Waals surface area contributed by atoms with E-state index in [0.29, 0.717) is 19.1 Å². The minimum Gasteiger partial charge on any atom is -0.360 e. The van der Waals surface area contributed by atoms with Crippen LogP contribution >= 0.6 is 0 Å². The van der Waals surface area contributed by atoms with Crippen molar-refractivity contribution in [3.63, 3.8) is 0 Å². The summed E-state index contributed by atoms with van der Waals surface area (Å²) in [5, 5.41) is 3.96. The standard InChI is InChI=1S/C24H33FN4O2/c1-19-15-23(31-26-19)17-27-11-13-28(14-12-27)18-24(30)29(22-5-3-2-4-6-22)16-20-7-9-21(25)10-8-20/h7-10,15,22H,2-6,11-14,16-18H2,1H3. The first-order valence-electron chi connectivity index (χ1n) is 11.5. The summed E-state index contributed by atoms with van der Waals surface area (Å²) in [5.74, 6) is 0.845. The van der Waals surface area contributed by atoms with Gasteiger partial charge in [-0.15, -0.1) is 0 Å². The summed E-state index contributed by atoms with van der Waals surface area (Å²) >= 11 is 0. The highest BCUT2D eigenvalue weighted by Crippen LogP contribution is 2.25. The molecule has 1 aromatic carbocycles. The number of amides is 1. The van der Waals surface area contributed by atoms with Crippen molar-refractivity contribution in [2.45, 2.75) is 58.2 Å². The van der Waals surface area contributed by atoms with Crippen LogP contribution < -0.4 is 0 Å². The number of piperazine rings is 1. The lowest BCUT2D eigenvalue weighted by Crippen LogP contribution is -2.51. The molecule has 0 bridgehead atoms. The Morgan fingerprint density at radius 2 is 1.77 bits per heavy atom. The smallest absolute Gasteiger partial charge is 0.237 e. The Morgan fingerprint density at radius 3 is 2.42 bits per heavy atom. The van der Waals surface area contributed by atoms with Gasteiger partial charge in [0.15, 0.2) is 5.76 Å². The molecule has 1 aromatic heterocycles. The lowest BCUT2D eigenvalue weighted by molar-refractivity contribution is -0.136. The highest BCUT2D eigenvalue weighted by molar-refractivity contribution is 5.78. The van der Waals surface area contributed by atoms with E-state index in [1.54, 1.807) is 12.1 Å². The van der Waals surface area contributed by atoms with Crippen molar-refractivity contribution in [1.29, 1.82) is 0 Å². The topological polar surface area (TPSA) is 52.8 Å². The van der Waals surface area contributed by atoms with Gasteiger partial charge in [-0.3, -0.25) is 14.6 Å². The lowest BCUT2D eigenvalue weighted by Gasteiger charge is -2.38. The van der Waals surface area contributed by atoms with Gasteiger partial charge in [-0.1, -0.05) is 36.6 Å². The third-order valence-electron chi connectivity index (χ3n) is 6.48. The van der Waals surface area contributed by atoms with Crippen molar-refractivity contribution in [2.24, 2.45) is 0 Å². The maximum Gasteiger partial charge on any atom is 0.237 e. The molecule has 7 heteroatoms. The molecule has 0 atom stereocenters. The quantitative estimate of drug-likeness (QED) is 0.675. The van der Waals surface area contributed by atoms with Gasteiger partial charge in [0.2, 0.25) is 5.91 Å². The zero-order chi connectivity index (χ0) is 21.6. The van der Waals surface area contributed by atoms with Gasteiger partial charge in [-0.05, 0) is 37.5 Å². The Hall–Kier alpha value is -2.25. The van der Waals surface area contributed by atoms with E-state index in [1.807, 2.05) is 13.0 Å². The predicted octanol–water partition coefficient (Wildman–Crippen LogP) is 3.60. The minimum atomic E-state index is -0.238. The van der Waals surface area contributed by atoms with E-state index in [0.717, 1.165) is 62.6 Å². The van der Waals surface area contributed by atoms with E-state index in [4.69, 9.17) is 4.52 Å². The molecule has 0 spiro atoms. The summed E-state index contributed by atoms with van der Waals surface area (Å²) in [6, 6.07) is 8.82. The van der Waals surface area contributed by atoms with Gasteiger partial charge in [-0.25, -0.2) is 4.39 Å². The molecule has 1 amide bonds. The number of carbonyl (C=O) groups excluding carboxylic acids is 1. The number of carbonyl (C=O) groups is 1. The fraction of sp³-hybridized carbons (Fsp3) is 0.583. The van der Waals surface area contributed by atoms with Crippen LogP contribution in [0.1, 0.15) is 49.1 Å². The van der Waals surface area contributed by atoms with Crippen molar-refractivity contribution < 1.29 is 13.7 Å². The number of aryl methyl sites for hydroxylation is 1. The van der Waals surface area contributed by atoms with Gasteiger partial charge >= 0.3 is 0 Å². The van der Waals surface area contributed by atoms with Gasteiger partial charge in [0.05, 0.1) is 18.8 Å². The van der Waals surface area contributed by atoms with Crippen LogP contribution in [0.15, 0.2) is 34.9 Å². The molecular formula is C24H33FN4O2. The van der Waals surface area contributed by atoms with Crippen molar-refractivity contribution in [3.8, 4) is 0 Å². The second kappa shape index (κ2) is 10.4. The molecule has 0 unspecified atom stereocenters. The first-order chi connectivity index (χ1) is 15.1. The van der Waals surface area contributed by atoms with Crippen LogP contribution in [0.25, 0.3) is 0 Å². The second-order valence-electron chi connectivity index (χ2n) is 8.93. The van der Waals surface area contributed by atoms with Crippen molar-refractivity contribution >= 4 is 5.91 Å². The van der Waals surface area contributed by atoms with Crippen LogP contribution in [0.3, 0.4) is 0 Å². The van der Waals surface area contributed by atoms with Crippen LogP contribution in [-0.4, -0.2) is 64.5 Å². The number of aromatic nitrogens is 1. The first kappa shape index (κ1) is 22.0. The van der Waals surface area contributed by atoms with Gasteiger partial charge in [0, 0.05) is 44.8 Å². The van der Waals surface area contributed by atoms with E-state index >= 15 is 0 Å². The zero-order valence-electron chi connectivity index (χ0n) is 18.4. The molecule has 2 heterocycles. The Bertz CT molecular complexity index is 840. The second-order valence-corrected chi connectivity index (χ2v) is 8.93. The molecule has 1 saturated carbocycles. The monoisotopic (exact) mass is 428 g/mol. The molecular weight excluding hydrogens is 395 g/mol. The Labute approximate surface area is 184 Å². The van der Waals surface area contributed by atoms with Gasteiger partial charge in [0.1, 0.15) is 5.82 Å². The molecule has 168 valence electrons. The van der Waals surface area contributed by atoms with E-state index in [2.05, 4.69) is 19.9 Å². The Morgan fingerprint density at radius 1 is 1.10 bits per heavy atom. The van der Waals surface area contributed by atoms with Crippen LogP contribution in [0.2, 0.25) is 0 Å². The molecule has 1 aliphatic heterocycles. The largest absolute Gasteiger partial charge is 0.360 e. The van der Waals surface area contributed by atoms with Gasteiger partial charge < -0.3 is 9.42 Å². The van der Waals surface area contributed by atoms with Crippen molar-refractivity contribution in [3.05, 3.63) is 53.2 Å². The maximum absolute atomic E-state index is 13.3. The number of hydrogen-bond donors (Lipinski definition) is 0. The lowest BCUT2D eigenvalue weighted by atomic mass is 9.93. The molecule has 0 radical (unpaired) electrons. The van der Waals surface area contributed by atoms with E-state index in [1.165, 1.54) is 31.4 Å². The summed E-state index contributed by atoms with van der Waals surface area (Å²) < 4.78 is 18.6.